The largest absolute Gasteiger partial charge is 0.496 e. The van der Waals surface area contributed by atoms with Gasteiger partial charge in [0.1, 0.15) is 5.75 Å². The van der Waals surface area contributed by atoms with E-state index in [4.69, 9.17) is 9.72 Å². The number of allylic oxidation sites excluding steroid dienone is 1. The van der Waals surface area contributed by atoms with Crippen LogP contribution in [-0.2, 0) is 12.8 Å². The van der Waals surface area contributed by atoms with Gasteiger partial charge in [-0.25, -0.2) is 0 Å². The van der Waals surface area contributed by atoms with Crippen molar-refractivity contribution in [1.29, 1.82) is 0 Å². The third kappa shape index (κ3) is 4.98. The standard InChI is InChI=1S/C25H31NO.C2H6/c1-6-9-19(10-7-2)24-23-20(13-17(4)14-22(23)27-5)11-12-21-15-18(8-3)16-26-25(21)24;1-2/h8,13-16H,3,6-7,9-12H2,1-2,4-5H3;1-2H3. The number of nitrogens with zero attached hydrogens (tertiary/aromatic N) is 1. The lowest BCUT2D eigenvalue weighted by molar-refractivity contribution is 0.412. The molecule has 1 aliphatic rings. The van der Waals surface area contributed by atoms with E-state index in [0.29, 0.717) is 0 Å². The van der Waals surface area contributed by atoms with Crippen molar-refractivity contribution in [3.63, 3.8) is 0 Å². The van der Waals surface area contributed by atoms with Crippen molar-refractivity contribution in [2.75, 3.05) is 7.11 Å². The predicted molar refractivity (Wildman–Crippen MR) is 127 cm³/mol. The van der Waals surface area contributed by atoms with Gasteiger partial charge < -0.3 is 4.74 Å². The molecule has 1 aromatic carbocycles. The fraction of sp³-hybridized carbons (Fsp3) is 0.444. The molecule has 1 aromatic heterocycles. The Morgan fingerprint density at radius 1 is 1.07 bits per heavy atom. The number of hydrogen-bond donors (Lipinski definition) is 0. The molecule has 2 aromatic rings. The van der Waals surface area contributed by atoms with Crippen molar-refractivity contribution in [3.8, 4) is 5.75 Å². The zero-order chi connectivity index (χ0) is 21.4. The molecule has 156 valence electrons. The SMILES string of the molecule is C=Cc1cnc2c(c1)CCc1cc(C)cc(OC)c1C2=C(CCC)CCC.CC. The van der Waals surface area contributed by atoms with Crippen LogP contribution in [0.15, 0.2) is 36.5 Å². The second-order valence-corrected chi connectivity index (χ2v) is 7.46. The van der Waals surface area contributed by atoms with Gasteiger partial charge in [-0.1, -0.05) is 64.8 Å². The molecule has 0 saturated carbocycles. The van der Waals surface area contributed by atoms with Crippen LogP contribution < -0.4 is 4.74 Å². The van der Waals surface area contributed by atoms with Crippen molar-refractivity contribution in [1.82, 2.24) is 4.98 Å². The summed E-state index contributed by atoms with van der Waals surface area (Å²) >= 11 is 0. The van der Waals surface area contributed by atoms with E-state index in [2.05, 4.69) is 45.5 Å². The topological polar surface area (TPSA) is 22.1 Å². The molecule has 0 aliphatic heterocycles. The molecule has 0 fully saturated rings. The van der Waals surface area contributed by atoms with Crippen LogP contribution in [0.4, 0.5) is 0 Å². The summed E-state index contributed by atoms with van der Waals surface area (Å²) < 4.78 is 5.87. The highest BCUT2D eigenvalue weighted by Crippen LogP contribution is 2.42. The molecule has 1 heterocycles. The van der Waals surface area contributed by atoms with Gasteiger partial charge in [0, 0.05) is 17.3 Å². The zero-order valence-electron chi connectivity index (χ0n) is 19.2. The maximum absolute atomic E-state index is 5.87. The fourth-order valence-electron chi connectivity index (χ4n) is 4.23. The van der Waals surface area contributed by atoms with E-state index in [9.17, 15) is 0 Å². The zero-order valence-corrected chi connectivity index (χ0v) is 19.2. The molecule has 29 heavy (non-hydrogen) atoms. The first-order valence-electron chi connectivity index (χ1n) is 11.1. The monoisotopic (exact) mass is 391 g/mol. The fourth-order valence-corrected chi connectivity index (χ4v) is 4.23. The Bertz CT molecular complexity index is 868. The van der Waals surface area contributed by atoms with Crippen LogP contribution in [0.25, 0.3) is 11.6 Å². The molecule has 2 nitrogen and oxygen atoms in total. The number of fused-ring (bicyclic) bond motifs is 2. The first kappa shape index (κ1) is 22.9. The van der Waals surface area contributed by atoms with Crippen LogP contribution in [0.5, 0.6) is 5.75 Å². The molecule has 0 spiro atoms. The van der Waals surface area contributed by atoms with Gasteiger partial charge in [-0.3, -0.25) is 4.98 Å². The minimum absolute atomic E-state index is 0.979. The second-order valence-electron chi connectivity index (χ2n) is 7.46. The third-order valence-corrected chi connectivity index (χ3v) is 5.38. The van der Waals surface area contributed by atoms with Gasteiger partial charge >= 0.3 is 0 Å². The number of benzene rings is 1. The molecule has 0 bridgehead atoms. The summed E-state index contributed by atoms with van der Waals surface area (Å²) in [6.07, 6.45) is 10.3. The van der Waals surface area contributed by atoms with E-state index < -0.39 is 0 Å². The quantitative estimate of drug-likeness (QED) is 0.506. The summed E-state index contributed by atoms with van der Waals surface area (Å²) in [4.78, 5) is 4.93. The Morgan fingerprint density at radius 3 is 2.31 bits per heavy atom. The molecule has 0 amide bonds. The molecular formula is C27H37NO. The number of aromatic nitrogens is 1. The number of pyridine rings is 1. The van der Waals surface area contributed by atoms with E-state index in [1.54, 1.807) is 7.11 Å². The lowest BCUT2D eigenvalue weighted by Gasteiger charge is -2.20. The number of ether oxygens (including phenoxy) is 1. The van der Waals surface area contributed by atoms with Crippen LogP contribution in [-0.4, -0.2) is 12.1 Å². The minimum Gasteiger partial charge on any atom is -0.496 e. The van der Waals surface area contributed by atoms with Crippen molar-refractivity contribution >= 4 is 11.6 Å². The summed E-state index contributed by atoms with van der Waals surface area (Å²) in [7, 11) is 1.78. The summed E-state index contributed by atoms with van der Waals surface area (Å²) in [5.74, 6) is 0.979. The number of hydrogen-bond acceptors (Lipinski definition) is 2. The molecule has 0 unspecified atom stereocenters. The van der Waals surface area contributed by atoms with E-state index >= 15 is 0 Å². The van der Waals surface area contributed by atoms with Gasteiger partial charge in [0.15, 0.2) is 0 Å². The van der Waals surface area contributed by atoms with Crippen LogP contribution in [0.2, 0.25) is 0 Å². The van der Waals surface area contributed by atoms with Crippen LogP contribution in [0.3, 0.4) is 0 Å². The number of methoxy groups -OCH3 is 1. The minimum atomic E-state index is 0.979. The Morgan fingerprint density at radius 2 is 1.72 bits per heavy atom. The Hall–Kier alpha value is -2.35. The first-order valence-corrected chi connectivity index (χ1v) is 11.1. The van der Waals surface area contributed by atoms with E-state index in [1.165, 1.54) is 33.4 Å². The van der Waals surface area contributed by atoms with Crippen molar-refractivity contribution < 1.29 is 4.74 Å². The normalized spacial score (nSPS) is 12.1. The molecule has 0 N–H and O–H groups in total. The first-order chi connectivity index (χ1) is 14.1. The molecule has 0 atom stereocenters. The molecule has 2 heteroatoms. The molecule has 1 aliphatic carbocycles. The smallest absolute Gasteiger partial charge is 0.127 e. The van der Waals surface area contributed by atoms with Crippen molar-refractivity contribution in [2.45, 2.75) is 73.1 Å². The average Bonchev–Trinajstić information content (AvgIpc) is 2.90. The lowest BCUT2D eigenvalue weighted by atomic mass is 9.87. The summed E-state index contributed by atoms with van der Waals surface area (Å²) in [6, 6.07) is 6.75. The number of aryl methyl sites for hydroxylation is 3. The van der Waals surface area contributed by atoms with Gasteiger partial charge in [0.05, 0.1) is 12.8 Å². The highest BCUT2D eigenvalue weighted by molar-refractivity contribution is 5.87. The van der Waals surface area contributed by atoms with Crippen molar-refractivity contribution in [2.24, 2.45) is 0 Å². The Balaban J connectivity index is 0.00000145. The van der Waals surface area contributed by atoms with E-state index in [0.717, 1.165) is 55.5 Å². The molecule has 3 rings (SSSR count). The van der Waals surface area contributed by atoms with Gasteiger partial charge in [-0.15, -0.1) is 0 Å². The Kier molecular flexibility index (Phi) is 8.70. The maximum Gasteiger partial charge on any atom is 0.127 e. The molecule has 0 radical (unpaired) electrons. The highest BCUT2D eigenvalue weighted by atomic mass is 16.5. The van der Waals surface area contributed by atoms with Crippen LogP contribution in [0, 0.1) is 6.92 Å². The second kappa shape index (κ2) is 11.0. The van der Waals surface area contributed by atoms with Crippen LogP contribution >= 0.6 is 0 Å². The highest BCUT2D eigenvalue weighted by Gasteiger charge is 2.25. The van der Waals surface area contributed by atoms with Gasteiger partial charge in [0.2, 0.25) is 0 Å². The Labute approximate surface area is 177 Å². The summed E-state index contributed by atoms with van der Waals surface area (Å²) in [6.45, 7) is 14.6. The summed E-state index contributed by atoms with van der Waals surface area (Å²) in [5.41, 5.74) is 10.3. The maximum atomic E-state index is 5.87. The van der Waals surface area contributed by atoms with E-state index in [1.807, 2.05) is 26.1 Å². The average molecular weight is 392 g/mol. The number of rotatable bonds is 6. The molecular weight excluding hydrogens is 354 g/mol. The van der Waals surface area contributed by atoms with E-state index in [-0.39, 0.29) is 0 Å². The van der Waals surface area contributed by atoms with Gasteiger partial charge in [-0.2, -0.15) is 0 Å². The summed E-state index contributed by atoms with van der Waals surface area (Å²) in [5, 5.41) is 0. The van der Waals surface area contributed by atoms with Gasteiger partial charge in [0.25, 0.3) is 0 Å². The van der Waals surface area contributed by atoms with Crippen LogP contribution in [0.1, 0.15) is 86.9 Å². The lowest BCUT2D eigenvalue weighted by Crippen LogP contribution is -2.03. The van der Waals surface area contributed by atoms with Crippen molar-refractivity contribution in [3.05, 3.63) is 70.1 Å². The molecule has 0 saturated heterocycles. The predicted octanol–water partition coefficient (Wildman–Crippen LogP) is 7.57. The van der Waals surface area contributed by atoms with Gasteiger partial charge in [-0.05, 0) is 67.0 Å². The third-order valence-electron chi connectivity index (χ3n) is 5.38.